The van der Waals surface area contributed by atoms with Crippen LogP contribution < -0.4 is 5.32 Å². The number of aromatic nitrogens is 2. The van der Waals surface area contributed by atoms with Crippen LogP contribution in [-0.2, 0) is 0 Å². The molecule has 24 heavy (non-hydrogen) atoms. The first-order valence-corrected chi connectivity index (χ1v) is 7.97. The second kappa shape index (κ2) is 6.90. The third-order valence-electron chi connectivity index (χ3n) is 3.39. The van der Waals surface area contributed by atoms with Gasteiger partial charge in [-0.2, -0.15) is 16.4 Å². The molecule has 0 saturated carbocycles. The lowest BCUT2D eigenvalue weighted by molar-refractivity contribution is 0.0916. The molecule has 3 aromatic rings. The average Bonchev–Trinajstić information content (AvgIpc) is 3.23. The van der Waals surface area contributed by atoms with E-state index in [9.17, 15) is 18.7 Å². The first-order chi connectivity index (χ1) is 11.5. The second-order valence-electron chi connectivity index (χ2n) is 5.05. The van der Waals surface area contributed by atoms with Gasteiger partial charge in [-0.05, 0) is 34.5 Å². The van der Waals surface area contributed by atoms with Crippen LogP contribution in [0.15, 0.2) is 47.4 Å². The van der Waals surface area contributed by atoms with E-state index in [1.165, 1.54) is 29.8 Å². The summed E-state index contributed by atoms with van der Waals surface area (Å²) in [5.41, 5.74) is 0.967. The van der Waals surface area contributed by atoms with E-state index < -0.39 is 23.6 Å². The van der Waals surface area contributed by atoms with Gasteiger partial charge in [-0.3, -0.25) is 4.79 Å². The maximum absolute atomic E-state index is 13.7. The molecule has 124 valence electrons. The minimum atomic E-state index is -0.801. The number of hydrogen-bond acceptors (Lipinski definition) is 4. The summed E-state index contributed by atoms with van der Waals surface area (Å²) in [7, 11) is 0. The first-order valence-electron chi connectivity index (χ1n) is 7.03. The quantitative estimate of drug-likeness (QED) is 0.744. The topological polar surface area (TPSA) is 67.2 Å². The van der Waals surface area contributed by atoms with Crippen LogP contribution in [-0.4, -0.2) is 27.3 Å². The van der Waals surface area contributed by atoms with Crippen molar-refractivity contribution in [2.45, 2.75) is 6.10 Å². The standard InChI is InChI=1S/C16H13F2N3O2S/c17-12-1-2-14(13(18)5-12)21-8-11(6-20-21)16(23)19-7-15(22)10-3-4-24-9-10/h1-6,8-9,15,22H,7H2,(H,19,23). The fourth-order valence-electron chi connectivity index (χ4n) is 2.11. The van der Waals surface area contributed by atoms with Crippen LogP contribution in [0.4, 0.5) is 8.78 Å². The largest absolute Gasteiger partial charge is 0.387 e. The summed E-state index contributed by atoms with van der Waals surface area (Å²) >= 11 is 1.45. The van der Waals surface area contributed by atoms with Gasteiger partial charge in [-0.15, -0.1) is 0 Å². The molecule has 1 atom stereocenters. The zero-order chi connectivity index (χ0) is 17.1. The number of carbonyl (C=O) groups is 1. The summed E-state index contributed by atoms with van der Waals surface area (Å²) < 4.78 is 27.8. The van der Waals surface area contributed by atoms with Crippen molar-refractivity contribution >= 4 is 17.2 Å². The van der Waals surface area contributed by atoms with Crippen LogP contribution in [0.3, 0.4) is 0 Å². The Labute approximate surface area is 140 Å². The molecule has 0 saturated heterocycles. The van der Waals surface area contributed by atoms with Gasteiger partial charge < -0.3 is 10.4 Å². The Morgan fingerprint density at radius 2 is 2.21 bits per heavy atom. The average molecular weight is 349 g/mol. The normalized spacial score (nSPS) is 12.1. The molecule has 0 radical (unpaired) electrons. The zero-order valence-electron chi connectivity index (χ0n) is 12.3. The van der Waals surface area contributed by atoms with Gasteiger partial charge in [-0.1, -0.05) is 0 Å². The number of hydrogen-bond donors (Lipinski definition) is 2. The Bertz CT molecular complexity index is 849. The highest BCUT2D eigenvalue weighted by Gasteiger charge is 2.14. The lowest BCUT2D eigenvalue weighted by Crippen LogP contribution is -2.27. The number of nitrogens with zero attached hydrogens (tertiary/aromatic N) is 2. The Morgan fingerprint density at radius 3 is 2.92 bits per heavy atom. The molecule has 0 aliphatic heterocycles. The Hall–Kier alpha value is -2.58. The molecule has 1 unspecified atom stereocenters. The maximum Gasteiger partial charge on any atom is 0.254 e. The Balaban J connectivity index is 1.67. The van der Waals surface area contributed by atoms with E-state index in [1.54, 1.807) is 11.4 Å². The van der Waals surface area contributed by atoms with Crippen LogP contribution in [0.5, 0.6) is 0 Å². The molecule has 0 aliphatic carbocycles. The van der Waals surface area contributed by atoms with Gasteiger partial charge in [0, 0.05) is 18.8 Å². The number of halogens is 2. The SMILES string of the molecule is O=C(NCC(O)c1ccsc1)c1cnn(-c2ccc(F)cc2F)c1. The van der Waals surface area contributed by atoms with Gasteiger partial charge in [-0.25, -0.2) is 13.5 Å². The minimum Gasteiger partial charge on any atom is -0.387 e. The fourth-order valence-corrected chi connectivity index (χ4v) is 2.82. The molecule has 0 fully saturated rings. The van der Waals surface area contributed by atoms with Gasteiger partial charge in [0.15, 0.2) is 5.82 Å². The van der Waals surface area contributed by atoms with Crippen molar-refractivity contribution in [1.82, 2.24) is 15.1 Å². The molecule has 0 spiro atoms. The predicted molar refractivity (Wildman–Crippen MR) is 85.1 cm³/mol. The van der Waals surface area contributed by atoms with Crippen molar-refractivity contribution in [3.63, 3.8) is 0 Å². The van der Waals surface area contributed by atoms with Gasteiger partial charge >= 0.3 is 0 Å². The monoisotopic (exact) mass is 349 g/mol. The maximum atomic E-state index is 13.7. The van der Waals surface area contributed by atoms with Gasteiger partial charge in [0.05, 0.1) is 17.9 Å². The van der Waals surface area contributed by atoms with Crippen molar-refractivity contribution in [3.05, 3.63) is 70.2 Å². The van der Waals surface area contributed by atoms with Crippen LogP contribution in [0, 0.1) is 11.6 Å². The number of aliphatic hydroxyl groups excluding tert-OH is 1. The lowest BCUT2D eigenvalue weighted by atomic mass is 10.2. The first kappa shape index (κ1) is 16.3. The number of carbonyl (C=O) groups excluding carboxylic acids is 1. The molecule has 2 N–H and O–H groups in total. The summed E-state index contributed by atoms with van der Waals surface area (Å²) in [6, 6.07) is 4.86. The van der Waals surface area contributed by atoms with Crippen LogP contribution in [0.2, 0.25) is 0 Å². The van der Waals surface area contributed by atoms with Crippen LogP contribution in [0.1, 0.15) is 22.0 Å². The molecule has 1 aromatic carbocycles. The van der Waals surface area contributed by atoms with Crippen molar-refractivity contribution in [2.75, 3.05) is 6.54 Å². The summed E-state index contributed by atoms with van der Waals surface area (Å²) in [6.07, 6.45) is 1.81. The van der Waals surface area contributed by atoms with E-state index in [2.05, 4.69) is 10.4 Å². The van der Waals surface area contributed by atoms with Gasteiger partial charge in [0.1, 0.15) is 11.5 Å². The van der Waals surface area contributed by atoms with Gasteiger partial charge in [0.2, 0.25) is 0 Å². The number of rotatable bonds is 5. The summed E-state index contributed by atoms with van der Waals surface area (Å²) in [5.74, 6) is -1.92. The molecule has 1 amide bonds. The summed E-state index contributed by atoms with van der Waals surface area (Å²) in [5, 5.41) is 20.1. The Morgan fingerprint density at radius 1 is 1.38 bits per heavy atom. The Kier molecular flexibility index (Phi) is 4.68. The minimum absolute atomic E-state index is 0.0359. The smallest absolute Gasteiger partial charge is 0.254 e. The molecular formula is C16H13F2N3O2S. The van der Waals surface area contributed by atoms with E-state index in [-0.39, 0.29) is 17.8 Å². The highest BCUT2D eigenvalue weighted by atomic mass is 32.1. The third kappa shape index (κ3) is 3.50. The second-order valence-corrected chi connectivity index (χ2v) is 5.83. The van der Waals surface area contributed by atoms with Crippen LogP contribution in [0.25, 0.3) is 5.69 Å². The summed E-state index contributed by atoms with van der Waals surface area (Å²) in [4.78, 5) is 12.1. The van der Waals surface area contributed by atoms with E-state index >= 15 is 0 Å². The summed E-state index contributed by atoms with van der Waals surface area (Å²) in [6.45, 7) is 0.0473. The number of amides is 1. The number of benzene rings is 1. The molecule has 8 heteroatoms. The number of nitrogens with one attached hydrogen (secondary N) is 1. The third-order valence-corrected chi connectivity index (χ3v) is 4.09. The molecule has 5 nitrogen and oxygen atoms in total. The van der Waals surface area contributed by atoms with Gasteiger partial charge in [0.25, 0.3) is 5.91 Å². The van der Waals surface area contributed by atoms with Crippen molar-refractivity contribution in [3.8, 4) is 5.69 Å². The molecule has 0 aliphatic rings. The van der Waals surface area contributed by atoms with E-state index in [0.29, 0.717) is 0 Å². The lowest BCUT2D eigenvalue weighted by Gasteiger charge is -2.09. The molecule has 2 aromatic heterocycles. The highest BCUT2D eigenvalue weighted by molar-refractivity contribution is 7.07. The number of thiophene rings is 1. The van der Waals surface area contributed by atoms with Crippen LogP contribution >= 0.6 is 11.3 Å². The zero-order valence-corrected chi connectivity index (χ0v) is 13.1. The molecule has 0 bridgehead atoms. The van der Waals surface area contributed by atoms with Crippen molar-refractivity contribution in [1.29, 1.82) is 0 Å². The van der Waals surface area contributed by atoms with Crippen molar-refractivity contribution < 1.29 is 18.7 Å². The fraction of sp³-hybridized carbons (Fsp3) is 0.125. The van der Waals surface area contributed by atoms with Crippen molar-refractivity contribution in [2.24, 2.45) is 0 Å². The van der Waals surface area contributed by atoms with E-state index in [0.717, 1.165) is 22.4 Å². The van der Waals surface area contributed by atoms with E-state index in [1.807, 2.05) is 5.38 Å². The highest BCUT2D eigenvalue weighted by Crippen LogP contribution is 2.16. The number of aliphatic hydroxyl groups is 1. The molecular weight excluding hydrogens is 336 g/mol. The molecule has 2 heterocycles. The predicted octanol–water partition coefficient (Wildman–Crippen LogP) is 2.68. The van der Waals surface area contributed by atoms with E-state index in [4.69, 9.17) is 0 Å². The molecule has 3 rings (SSSR count).